The summed E-state index contributed by atoms with van der Waals surface area (Å²) in [5.74, 6) is 2.15. The number of nitrogens with zero attached hydrogens (tertiary/aromatic N) is 2. The summed E-state index contributed by atoms with van der Waals surface area (Å²) in [6.07, 6.45) is 6.39. The summed E-state index contributed by atoms with van der Waals surface area (Å²) in [5, 5.41) is 0. The van der Waals surface area contributed by atoms with E-state index in [1.54, 1.807) is 12.4 Å². The van der Waals surface area contributed by atoms with E-state index in [2.05, 4.69) is 11.9 Å². The molecule has 1 atom stereocenters. The van der Waals surface area contributed by atoms with Crippen molar-refractivity contribution < 1.29 is 9.53 Å². The molecule has 1 amide bonds. The SMILES string of the molecule is CCCC(=O)N1CC2(C[C@H](Oc3cccnc3)CS2)C1. The van der Waals surface area contributed by atoms with Crippen LogP contribution in [-0.2, 0) is 4.79 Å². The lowest BCUT2D eigenvalue weighted by Gasteiger charge is -2.47. The summed E-state index contributed by atoms with van der Waals surface area (Å²) >= 11 is 1.96. The van der Waals surface area contributed by atoms with Crippen LogP contribution in [0.2, 0.25) is 0 Å². The molecule has 1 aromatic rings. The maximum Gasteiger partial charge on any atom is 0.222 e. The second kappa shape index (κ2) is 5.64. The fraction of sp³-hybridized carbons (Fsp3) is 0.600. The van der Waals surface area contributed by atoms with Crippen LogP contribution in [-0.4, -0.2) is 45.5 Å². The standard InChI is InChI=1S/C15H20N2O2S/c1-2-4-14(18)17-10-15(11-17)7-13(9-20-15)19-12-5-3-6-16-8-12/h3,5-6,8,13H,2,4,7,9-11H2,1H3/t13-/m0/s1. The van der Waals surface area contributed by atoms with Crippen LogP contribution in [0.25, 0.3) is 0 Å². The summed E-state index contributed by atoms with van der Waals surface area (Å²) in [6.45, 7) is 3.84. The van der Waals surface area contributed by atoms with Crippen molar-refractivity contribution in [3.63, 3.8) is 0 Å². The van der Waals surface area contributed by atoms with E-state index >= 15 is 0 Å². The molecular weight excluding hydrogens is 272 g/mol. The Morgan fingerprint density at radius 2 is 2.45 bits per heavy atom. The van der Waals surface area contributed by atoms with Crippen molar-refractivity contribution in [1.29, 1.82) is 0 Å². The van der Waals surface area contributed by atoms with Crippen molar-refractivity contribution in [2.45, 2.75) is 37.0 Å². The number of thioether (sulfide) groups is 1. The number of hydrogen-bond acceptors (Lipinski definition) is 4. The average molecular weight is 292 g/mol. The van der Waals surface area contributed by atoms with Crippen LogP contribution in [0.1, 0.15) is 26.2 Å². The molecular formula is C15H20N2O2S. The first-order valence-electron chi connectivity index (χ1n) is 7.19. The van der Waals surface area contributed by atoms with Gasteiger partial charge in [-0.15, -0.1) is 11.8 Å². The zero-order valence-corrected chi connectivity index (χ0v) is 12.6. The molecule has 0 aromatic carbocycles. The molecule has 2 aliphatic heterocycles. The second-order valence-electron chi connectivity index (χ2n) is 5.63. The maximum absolute atomic E-state index is 11.8. The summed E-state index contributed by atoms with van der Waals surface area (Å²) in [4.78, 5) is 17.9. The van der Waals surface area contributed by atoms with Crippen LogP contribution >= 0.6 is 11.8 Å². The molecule has 1 spiro atoms. The monoisotopic (exact) mass is 292 g/mol. The van der Waals surface area contributed by atoms with Gasteiger partial charge in [-0.1, -0.05) is 6.92 Å². The van der Waals surface area contributed by atoms with Crippen LogP contribution in [0.4, 0.5) is 0 Å². The predicted octanol–water partition coefficient (Wildman–Crippen LogP) is 2.35. The molecule has 0 unspecified atom stereocenters. The Hall–Kier alpha value is -1.23. The minimum atomic E-state index is 0.243. The predicted molar refractivity (Wildman–Crippen MR) is 79.9 cm³/mol. The number of carbonyl (C=O) groups excluding carboxylic acids is 1. The molecule has 0 N–H and O–H groups in total. The average Bonchev–Trinajstić information content (AvgIpc) is 2.83. The molecule has 1 aromatic heterocycles. The van der Waals surface area contributed by atoms with Gasteiger partial charge in [0.15, 0.2) is 0 Å². The second-order valence-corrected chi connectivity index (χ2v) is 7.11. The highest BCUT2D eigenvalue weighted by atomic mass is 32.2. The van der Waals surface area contributed by atoms with Gasteiger partial charge in [0, 0.05) is 37.9 Å². The van der Waals surface area contributed by atoms with E-state index in [0.717, 1.165) is 37.4 Å². The molecule has 0 aliphatic carbocycles. The van der Waals surface area contributed by atoms with Crippen molar-refractivity contribution in [2.75, 3.05) is 18.8 Å². The van der Waals surface area contributed by atoms with Crippen LogP contribution in [0.15, 0.2) is 24.5 Å². The first-order chi connectivity index (χ1) is 9.71. The topological polar surface area (TPSA) is 42.4 Å². The fourth-order valence-electron chi connectivity index (χ4n) is 2.91. The molecule has 108 valence electrons. The van der Waals surface area contributed by atoms with Gasteiger partial charge in [-0.3, -0.25) is 9.78 Å². The Bertz CT molecular complexity index is 474. The number of carbonyl (C=O) groups is 1. The summed E-state index contributed by atoms with van der Waals surface area (Å²) in [7, 11) is 0. The molecule has 0 saturated carbocycles. The summed E-state index contributed by atoms with van der Waals surface area (Å²) < 4.78 is 6.21. The highest BCUT2D eigenvalue weighted by Crippen LogP contribution is 2.46. The number of likely N-dealkylation sites (tertiary alicyclic amines) is 1. The molecule has 20 heavy (non-hydrogen) atoms. The van der Waals surface area contributed by atoms with Crippen molar-refractivity contribution in [2.24, 2.45) is 0 Å². The summed E-state index contributed by atoms with van der Waals surface area (Å²) in [6, 6.07) is 3.84. The Kier molecular flexibility index (Phi) is 3.87. The Morgan fingerprint density at radius 1 is 1.60 bits per heavy atom. The highest BCUT2D eigenvalue weighted by molar-refractivity contribution is 8.01. The van der Waals surface area contributed by atoms with Gasteiger partial charge in [-0.25, -0.2) is 0 Å². The molecule has 3 rings (SSSR count). The van der Waals surface area contributed by atoms with Gasteiger partial charge >= 0.3 is 0 Å². The molecule has 2 saturated heterocycles. The molecule has 3 heterocycles. The van der Waals surface area contributed by atoms with Gasteiger partial charge in [0.25, 0.3) is 0 Å². The lowest BCUT2D eigenvalue weighted by molar-refractivity contribution is -0.136. The third-order valence-electron chi connectivity index (χ3n) is 3.89. The number of hydrogen-bond donors (Lipinski definition) is 0. The number of amides is 1. The fourth-order valence-corrected chi connectivity index (χ4v) is 4.43. The Balaban J connectivity index is 1.50. The number of rotatable bonds is 4. The molecule has 2 aliphatic rings. The van der Waals surface area contributed by atoms with E-state index in [1.165, 1.54) is 0 Å². The number of ether oxygens (including phenoxy) is 1. The first-order valence-corrected chi connectivity index (χ1v) is 8.18. The van der Waals surface area contributed by atoms with E-state index in [9.17, 15) is 4.79 Å². The Morgan fingerprint density at radius 3 is 3.15 bits per heavy atom. The number of aromatic nitrogens is 1. The van der Waals surface area contributed by atoms with Crippen molar-refractivity contribution in [1.82, 2.24) is 9.88 Å². The van der Waals surface area contributed by atoms with Gasteiger partial charge in [0.05, 0.1) is 10.9 Å². The van der Waals surface area contributed by atoms with Gasteiger partial charge in [-0.05, 0) is 18.6 Å². The van der Waals surface area contributed by atoms with Crippen LogP contribution in [0.3, 0.4) is 0 Å². The third kappa shape index (κ3) is 2.77. The van der Waals surface area contributed by atoms with E-state index in [-0.39, 0.29) is 10.9 Å². The maximum atomic E-state index is 11.8. The normalized spacial score (nSPS) is 23.6. The zero-order chi connectivity index (χ0) is 14.0. The smallest absolute Gasteiger partial charge is 0.222 e. The minimum Gasteiger partial charge on any atom is -0.488 e. The first kappa shape index (κ1) is 13.7. The molecule has 5 heteroatoms. The Labute approximate surface area is 123 Å². The van der Waals surface area contributed by atoms with Crippen LogP contribution < -0.4 is 4.74 Å². The van der Waals surface area contributed by atoms with Crippen molar-refractivity contribution in [3.8, 4) is 5.75 Å². The minimum absolute atomic E-state index is 0.243. The molecule has 2 fully saturated rings. The zero-order valence-electron chi connectivity index (χ0n) is 11.7. The lowest BCUT2D eigenvalue weighted by Crippen LogP contribution is -2.60. The molecule has 4 nitrogen and oxygen atoms in total. The van der Waals surface area contributed by atoms with Crippen LogP contribution in [0.5, 0.6) is 5.75 Å². The largest absolute Gasteiger partial charge is 0.488 e. The molecule has 0 radical (unpaired) electrons. The third-order valence-corrected chi connectivity index (χ3v) is 5.46. The van der Waals surface area contributed by atoms with E-state index in [0.29, 0.717) is 12.3 Å². The van der Waals surface area contributed by atoms with Crippen molar-refractivity contribution in [3.05, 3.63) is 24.5 Å². The van der Waals surface area contributed by atoms with Crippen molar-refractivity contribution >= 4 is 17.7 Å². The van der Waals surface area contributed by atoms with Crippen LogP contribution in [0, 0.1) is 0 Å². The number of pyridine rings is 1. The van der Waals surface area contributed by atoms with E-state index in [1.807, 2.05) is 28.8 Å². The quantitative estimate of drug-likeness (QED) is 0.854. The van der Waals surface area contributed by atoms with Gasteiger partial charge in [-0.2, -0.15) is 0 Å². The van der Waals surface area contributed by atoms with Gasteiger partial charge in [0.1, 0.15) is 11.9 Å². The van der Waals surface area contributed by atoms with E-state index in [4.69, 9.17) is 4.74 Å². The van der Waals surface area contributed by atoms with E-state index < -0.39 is 0 Å². The lowest BCUT2D eigenvalue weighted by atomic mass is 9.92. The van der Waals surface area contributed by atoms with Gasteiger partial charge in [0.2, 0.25) is 5.91 Å². The summed E-state index contributed by atoms with van der Waals surface area (Å²) in [5.41, 5.74) is 0. The molecule has 0 bridgehead atoms. The van der Waals surface area contributed by atoms with Gasteiger partial charge < -0.3 is 9.64 Å². The highest BCUT2D eigenvalue weighted by Gasteiger charge is 2.51.